The summed E-state index contributed by atoms with van der Waals surface area (Å²) in [6.07, 6.45) is 0. The van der Waals surface area contributed by atoms with Crippen molar-refractivity contribution in [3.63, 3.8) is 0 Å². The third-order valence-electron chi connectivity index (χ3n) is 3.61. The average Bonchev–Trinajstić information content (AvgIpc) is 2.61. The van der Waals surface area contributed by atoms with Gasteiger partial charge in [-0.1, -0.05) is 30.3 Å². The highest BCUT2D eigenvalue weighted by atomic mass is 16.2. The predicted octanol–water partition coefficient (Wildman–Crippen LogP) is 1.72. The predicted molar refractivity (Wildman–Crippen MR) is 94.9 cm³/mol. The first-order valence-corrected chi connectivity index (χ1v) is 7.73. The molecule has 24 heavy (non-hydrogen) atoms. The topological polar surface area (TPSA) is 87.5 Å². The normalized spacial score (nSPS) is 10.0. The summed E-state index contributed by atoms with van der Waals surface area (Å²) < 4.78 is 0. The Morgan fingerprint density at radius 3 is 2.29 bits per heavy atom. The number of amides is 3. The van der Waals surface area contributed by atoms with Crippen molar-refractivity contribution in [2.24, 2.45) is 5.73 Å². The van der Waals surface area contributed by atoms with E-state index in [1.165, 1.54) is 0 Å². The monoisotopic (exact) mass is 326 g/mol. The fraction of sp³-hybridized carbons (Fsp3) is 0.222. The highest BCUT2D eigenvalue weighted by Gasteiger charge is 2.06. The van der Waals surface area contributed by atoms with Crippen molar-refractivity contribution in [1.29, 1.82) is 0 Å². The summed E-state index contributed by atoms with van der Waals surface area (Å²) in [5.41, 5.74) is 7.60. The summed E-state index contributed by atoms with van der Waals surface area (Å²) in [6.45, 7) is 1.62. The average molecular weight is 326 g/mol. The van der Waals surface area contributed by atoms with E-state index in [-0.39, 0.29) is 5.91 Å². The summed E-state index contributed by atoms with van der Waals surface area (Å²) >= 11 is 0. The number of carbonyl (C=O) groups is 2. The van der Waals surface area contributed by atoms with Gasteiger partial charge in [-0.25, -0.2) is 4.79 Å². The number of nitrogens with two attached hydrogens (primary N) is 1. The zero-order valence-electron chi connectivity index (χ0n) is 13.7. The standard InChI is InChI=1S/C18H22N4O2/c1-22(16-5-3-2-4-6-16)12-11-20-17(23)15-9-7-14(8-10-15)13-21-18(19)24/h2-10H,11-13H2,1H3,(H,20,23)(H3,19,21,24). The van der Waals surface area contributed by atoms with Gasteiger partial charge in [0.1, 0.15) is 0 Å². The Bertz CT molecular complexity index is 671. The number of carbonyl (C=O) groups excluding carboxylic acids is 2. The molecule has 0 fully saturated rings. The lowest BCUT2D eigenvalue weighted by atomic mass is 10.1. The van der Waals surface area contributed by atoms with Gasteiger partial charge in [-0.05, 0) is 29.8 Å². The Kier molecular flexibility index (Phi) is 6.19. The zero-order valence-corrected chi connectivity index (χ0v) is 13.7. The van der Waals surface area contributed by atoms with Gasteiger partial charge in [0, 0.05) is 37.9 Å². The van der Waals surface area contributed by atoms with Crippen LogP contribution >= 0.6 is 0 Å². The highest BCUT2D eigenvalue weighted by Crippen LogP contribution is 2.10. The zero-order chi connectivity index (χ0) is 17.4. The van der Waals surface area contributed by atoms with Crippen molar-refractivity contribution in [3.05, 3.63) is 65.7 Å². The Hall–Kier alpha value is -3.02. The van der Waals surface area contributed by atoms with Crippen LogP contribution in [0.15, 0.2) is 54.6 Å². The summed E-state index contributed by atoms with van der Waals surface area (Å²) in [5.74, 6) is -0.120. The van der Waals surface area contributed by atoms with E-state index in [0.717, 1.165) is 17.8 Å². The molecule has 0 radical (unpaired) electrons. The van der Waals surface area contributed by atoms with Gasteiger partial charge in [0.15, 0.2) is 0 Å². The molecule has 2 rings (SSSR count). The molecule has 2 aromatic rings. The number of nitrogens with one attached hydrogen (secondary N) is 2. The van der Waals surface area contributed by atoms with E-state index in [9.17, 15) is 9.59 Å². The minimum absolute atomic E-state index is 0.120. The number of anilines is 1. The Balaban J connectivity index is 1.79. The van der Waals surface area contributed by atoms with E-state index in [0.29, 0.717) is 18.7 Å². The van der Waals surface area contributed by atoms with Crippen LogP contribution < -0.4 is 21.3 Å². The molecule has 0 heterocycles. The minimum Gasteiger partial charge on any atom is -0.373 e. The number of hydrogen-bond donors (Lipinski definition) is 3. The molecule has 0 spiro atoms. The van der Waals surface area contributed by atoms with Gasteiger partial charge in [-0.2, -0.15) is 0 Å². The van der Waals surface area contributed by atoms with Gasteiger partial charge in [-0.3, -0.25) is 4.79 Å². The van der Waals surface area contributed by atoms with Crippen LogP contribution in [-0.4, -0.2) is 32.1 Å². The number of para-hydroxylation sites is 1. The molecule has 6 nitrogen and oxygen atoms in total. The van der Waals surface area contributed by atoms with Gasteiger partial charge in [0.05, 0.1) is 0 Å². The van der Waals surface area contributed by atoms with Crippen molar-refractivity contribution in [3.8, 4) is 0 Å². The van der Waals surface area contributed by atoms with Gasteiger partial charge in [0.25, 0.3) is 5.91 Å². The third-order valence-corrected chi connectivity index (χ3v) is 3.61. The molecule has 0 saturated carbocycles. The van der Waals surface area contributed by atoms with Gasteiger partial charge in [0.2, 0.25) is 0 Å². The molecule has 2 aromatic carbocycles. The van der Waals surface area contributed by atoms with Crippen LogP contribution in [0.3, 0.4) is 0 Å². The molecule has 0 atom stereocenters. The van der Waals surface area contributed by atoms with Gasteiger partial charge in [-0.15, -0.1) is 0 Å². The number of primary amides is 1. The summed E-state index contributed by atoms with van der Waals surface area (Å²) in [5, 5.41) is 5.40. The van der Waals surface area contributed by atoms with E-state index >= 15 is 0 Å². The maximum Gasteiger partial charge on any atom is 0.312 e. The molecule has 0 aliphatic carbocycles. The van der Waals surface area contributed by atoms with E-state index in [2.05, 4.69) is 15.5 Å². The maximum atomic E-state index is 12.1. The molecule has 0 unspecified atom stereocenters. The van der Waals surface area contributed by atoms with Gasteiger partial charge >= 0.3 is 6.03 Å². The lowest BCUT2D eigenvalue weighted by molar-refractivity contribution is 0.0954. The second kappa shape index (κ2) is 8.57. The van der Waals surface area contributed by atoms with Gasteiger partial charge < -0.3 is 21.3 Å². The number of urea groups is 1. The van der Waals surface area contributed by atoms with Crippen LogP contribution in [0.1, 0.15) is 15.9 Å². The second-order valence-electron chi connectivity index (χ2n) is 5.43. The summed E-state index contributed by atoms with van der Waals surface area (Å²) in [4.78, 5) is 24.9. The van der Waals surface area contributed by atoms with Crippen molar-refractivity contribution in [2.75, 3.05) is 25.0 Å². The highest BCUT2D eigenvalue weighted by molar-refractivity contribution is 5.94. The van der Waals surface area contributed by atoms with Crippen LogP contribution in [-0.2, 0) is 6.54 Å². The SMILES string of the molecule is CN(CCNC(=O)c1ccc(CNC(N)=O)cc1)c1ccccc1. The lowest BCUT2D eigenvalue weighted by Crippen LogP contribution is -2.33. The lowest BCUT2D eigenvalue weighted by Gasteiger charge is -2.19. The first-order valence-electron chi connectivity index (χ1n) is 7.73. The Labute approximate surface area is 141 Å². The first kappa shape index (κ1) is 17.3. The number of rotatable bonds is 7. The Morgan fingerprint density at radius 2 is 1.67 bits per heavy atom. The van der Waals surface area contributed by atoms with Crippen LogP contribution in [0, 0.1) is 0 Å². The molecule has 126 valence electrons. The first-order chi connectivity index (χ1) is 11.6. The fourth-order valence-corrected chi connectivity index (χ4v) is 2.21. The Morgan fingerprint density at radius 1 is 1.00 bits per heavy atom. The quantitative estimate of drug-likeness (QED) is 0.724. The molecule has 6 heteroatoms. The van der Waals surface area contributed by atoms with E-state index in [1.54, 1.807) is 24.3 Å². The molecule has 3 amide bonds. The number of hydrogen-bond acceptors (Lipinski definition) is 3. The largest absolute Gasteiger partial charge is 0.373 e. The molecule has 0 aliphatic heterocycles. The second-order valence-corrected chi connectivity index (χ2v) is 5.43. The molecule has 0 bridgehead atoms. The minimum atomic E-state index is -0.570. The number of benzene rings is 2. The fourth-order valence-electron chi connectivity index (χ4n) is 2.21. The van der Waals surface area contributed by atoms with E-state index in [1.807, 2.05) is 37.4 Å². The van der Waals surface area contributed by atoms with Crippen molar-refractivity contribution < 1.29 is 9.59 Å². The molecular weight excluding hydrogens is 304 g/mol. The summed E-state index contributed by atoms with van der Waals surface area (Å²) in [6, 6.07) is 16.5. The molecule has 0 aliphatic rings. The maximum absolute atomic E-state index is 12.1. The van der Waals surface area contributed by atoms with Crippen LogP contribution in [0.4, 0.5) is 10.5 Å². The molecule has 0 aromatic heterocycles. The molecule has 0 saturated heterocycles. The van der Waals surface area contributed by atoms with Crippen molar-refractivity contribution in [1.82, 2.24) is 10.6 Å². The molecule has 4 N–H and O–H groups in total. The van der Waals surface area contributed by atoms with Crippen molar-refractivity contribution in [2.45, 2.75) is 6.54 Å². The molecular formula is C18H22N4O2. The van der Waals surface area contributed by atoms with Crippen LogP contribution in [0.25, 0.3) is 0 Å². The number of nitrogens with zero attached hydrogens (tertiary/aromatic N) is 1. The third kappa shape index (κ3) is 5.31. The van der Waals surface area contributed by atoms with Crippen LogP contribution in [0.5, 0.6) is 0 Å². The van der Waals surface area contributed by atoms with E-state index < -0.39 is 6.03 Å². The number of likely N-dealkylation sites (N-methyl/N-ethyl adjacent to an activating group) is 1. The van der Waals surface area contributed by atoms with E-state index in [4.69, 9.17) is 5.73 Å². The smallest absolute Gasteiger partial charge is 0.312 e. The van der Waals surface area contributed by atoms with Crippen molar-refractivity contribution >= 4 is 17.6 Å². The van der Waals surface area contributed by atoms with Crippen LogP contribution in [0.2, 0.25) is 0 Å². The summed E-state index contributed by atoms with van der Waals surface area (Å²) in [7, 11) is 1.99.